The molecule has 0 atom stereocenters. The van der Waals surface area contributed by atoms with Crippen LogP contribution in [0.25, 0.3) is 6.08 Å². The normalized spacial score (nSPS) is 11.0. The molecule has 0 heterocycles. The number of carboxylic acid groups (broad SMARTS) is 1. The van der Waals surface area contributed by atoms with Crippen LogP contribution in [-0.2, 0) is 9.59 Å². The Kier molecular flexibility index (Phi) is 6.11. The van der Waals surface area contributed by atoms with E-state index in [0.717, 1.165) is 6.08 Å². The summed E-state index contributed by atoms with van der Waals surface area (Å²) in [5.74, 6) is -1.87. The molecular formula is C14H13BrFNO3. The summed E-state index contributed by atoms with van der Waals surface area (Å²) >= 11 is 3.03. The van der Waals surface area contributed by atoms with Crippen molar-refractivity contribution in [2.75, 3.05) is 6.54 Å². The molecule has 1 amide bonds. The summed E-state index contributed by atoms with van der Waals surface area (Å²) < 4.78 is 13.3. The summed E-state index contributed by atoms with van der Waals surface area (Å²) in [4.78, 5) is 22.1. The Balaban J connectivity index is 2.81. The van der Waals surface area contributed by atoms with Crippen LogP contribution in [0.4, 0.5) is 4.39 Å². The summed E-state index contributed by atoms with van der Waals surface area (Å²) in [6, 6.07) is 4.21. The van der Waals surface area contributed by atoms with Crippen molar-refractivity contribution in [1.29, 1.82) is 0 Å². The number of carboxylic acids is 1. The lowest BCUT2D eigenvalue weighted by molar-refractivity contribution is -0.132. The van der Waals surface area contributed by atoms with Gasteiger partial charge in [0.1, 0.15) is 5.82 Å². The predicted molar refractivity (Wildman–Crippen MR) is 77.5 cm³/mol. The Morgan fingerprint density at radius 1 is 1.45 bits per heavy atom. The molecule has 0 saturated heterocycles. The van der Waals surface area contributed by atoms with Gasteiger partial charge in [-0.1, -0.05) is 12.6 Å². The molecule has 0 spiro atoms. The third-order valence-corrected chi connectivity index (χ3v) is 3.05. The summed E-state index contributed by atoms with van der Waals surface area (Å²) in [7, 11) is 0. The quantitative estimate of drug-likeness (QED) is 0.782. The number of nitrogens with one attached hydrogen (secondary N) is 1. The fourth-order valence-corrected chi connectivity index (χ4v) is 1.83. The average Bonchev–Trinajstić information content (AvgIpc) is 2.41. The molecule has 0 saturated carbocycles. The SMILES string of the molecule is C=CC(=O)NCC/C(=C\c1ccc(F)c(Br)c1)C(=O)O. The summed E-state index contributed by atoms with van der Waals surface area (Å²) in [5, 5.41) is 11.6. The fraction of sp³-hybridized carbons (Fsp3) is 0.143. The largest absolute Gasteiger partial charge is 0.478 e. The van der Waals surface area contributed by atoms with E-state index in [0.29, 0.717) is 5.56 Å². The zero-order valence-electron chi connectivity index (χ0n) is 10.5. The highest BCUT2D eigenvalue weighted by Gasteiger charge is 2.08. The number of aliphatic carboxylic acids is 1. The number of carbonyl (C=O) groups excluding carboxylic acids is 1. The average molecular weight is 342 g/mol. The molecule has 106 valence electrons. The highest BCUT2D eigenvalue weighted by atomic mass is 79.9. The smallest absolute Gasteiger partial charge is 0.331 e. The number of hydrogen-bond donors (Lipinski definition) is 2. The Bertz CT molecular complexity index is 570. The number of rotatable bonds is 6. The van der Waals surface area contributed by atoms with Crippen LogP contribution >= 0.6 is 15.9 Å². The molecule has 1 aromatic rings. The van der Waals surface area contributed by atoms with Crippen molar-refractivity contribution in [3.8, 4) is 0 Å². The van der Waals surface area contributed by atoms with E-state index in [1.165, 1.54) is 24.3 Å². The van der Waals surface area contributed by atoms with Gasteiger partial charge in [-0.2, -0.15) is 0 Å². The first-order valence-electron chi connectivity index (χ1n) is 5.73. The molecule has 0 aliphatic heterocycles. The number of benzene rings is 1. The molecule has 0 unspecified atom stereocenters. The minimum absolute atomic E-state index is 0.118. The molecule has 6 heteroatoms. The lowest BCUT2D eigenvalue weighted by atomic mass is 10.1. The van der Waals surface area contributed by atoms with Gasteiger partial charge in [-0.25, -0.2) is 9.18 Å². The van der Waals surface area contributed by atoms with E-state index in [1.807, 2.05) is 0 Å². The lowest BCUT2D eigenvalue weighted by Gasteiger charge is -2.04. The molecule has 20 heavy (non-hydrogen) atoms. The number of hydrogen-bond acceptors (Lipinski definition) is 2. The van der Waals surface area contributed by atoms with Gasteiger partial charge in [-0.05, 0) is 52.2 Å². The van der Waals surface area contributed by atoms with Gasteiger partial charge in [0, 0.05) is 12.1 Å². The third-order valence-electron chi connectivity index (χ3n) is 2.44. The first-order valence-corrected chi connectivity index (χ1v) is 6.52. The van der Waals surface area contributed by atoms with Crippen LogP contribution in [0, 0.1) is 5.82 Å². The van der Waals surface area contributed by atoms with Crippen molar-refractivity contribution in [3.05, 3.63) is 52.3 Å². The molecule has 4 nitrogen and oxygen atoms in total. The van der Waals surface area contributed by atoms with E-state index in [1.54, 1.807) is 0 Å². The van der Waals surface area contributed by atoms with Crippen LogP contribution in [0.5, 0.6) is 0 Å². The molecule has 2 N–H and O–H groups in total. The van der Waals surface area contributed by atoms with Crippen LogP contribution in [0.3, 0.4) is 0 Å². The Labute approximate surface area is 124 Å². The summed E-state index contributed by atoms with van der Waals surface area (Å²) in [6.07, 6.45) is 2.71. The highest BCUT2D eigenvalue weighted by molar-refractivity contribution is 9.10. The van der Waals surface area contributed by atoms with Gasteiger partial charge < -0.3 is 10.4 Å². The van der Waals surface area contributed by atoms with E-state index < -0.39 is 11.8 Å². The molecule has 1 aromatic carbocycles. The fourth-order valence-electron chi connectivity index (χ4n) is 1.44. The topological polar surface area (TPSA) is 66.4 Å². The van der Waals surface area contributed by atoms with Crippen LogP contribution in [-0.4, -0.2) is 23.5 Å². The zero-order valence-corrected chi connectivity index (χ0v) is 12.1. The predicted octanol–water partition coefficient (Wildman–Crippen LogP) is 2.75. The van der Waals surface area contributed by atoms with Gasteiger partial charge in [-0.3, -0.25) is 4.79 Å². The highest BCUT2D eigenvalue weighted by Crippen LogP contribution is 2.19. The van der Waals surface area contributed by atoms with E-state index in [-0.39, 0.29) is 28.9 Å². The Morgan fingerprint density at radius 3 is 2.70 bits per heavy atom. The lowest BCUT2D eigenvalue weighted by Crippen LogP contribution is -2.23. The molecule has 0 aromatic heterocycles. The van der Waals surface area contributed by atoms with Gasteiger partial charge in [0.05, 0.1) is 4.47 Å². The number of carbonyl (C=O) groups is 2. The van der Waals surface area contributed by atoms with Crippen LogP contribution in [0.2, 0.25) is 0 Å². The molecule has 0 bridgehead atoms. The zero-order chi connectivity index (χ0) is 15.1. The van der Waals surface area contributed by atoms with Crippen LogP contribution in [0.15, 0.2) is 40.9 Å². The van der Waals surface area contributed by atoms with Crippen LogP contribution in [0.1, 0.15) is 12.0 Å². The van der Waals surface area contributed by atoms with Gasteiger partial charge >= 0.3 is 5.97 Å². The van der Waals surface area contributed by atoms with E-state index in [4.69, 9.17) is 5.11 Å². The van der Waals surface area contributed by atoms with Gasteiger partial charge in [0.15, 0.2) is 0 Å². The standard InChI is InChI=1S/C14H13BrFNO3/c1-2-13(18)17-6-5-10(14(19)20)7-9-3-4-12(16)11(15)8-9/h2-4,7-8H,1,5-6H2,(H,17,18)(H,19,20)/b10-7+. The van der Waals surface area contributed by atoms with Crippen molar-refractivity contribution >= 4 is 33.9 Å². The molecule has 0 aliphatic carbocycles. The Morgan fingerprint density at radius 2 is 2.15 bits per heavy atom. The summed E-state index contributed by atoms with van der Waals surface area (Å²) in [6.45, 7) is 3.48. The van der Waals surface area contributed by atoms with Gasteiger partial charge in [-0.15, -0.1) is 0 Å². The summed E-state index contributed by atoms with van der Waals surface area (Å²) in [5.41, 5.74) is 0.679. The van der Waals surface area contributed by atoms with Crippen molar-refractivity contribution in [2.24, 2.45) is 0 Å². The first kappa shape index (κ1) is 16.1. The van der Waals surface area contributed by atoms with E-state index in [2.05, 4.69) is 27.8 Å². The number of halogens is 2. The monoisotopic (exact) mass is 341 g/mol. The maximum Gasteiger partial charge on any atom is 0.331 e. The van der Waals surface area contributed by atoms with E-state index in [9.17, 15) is 14.0 Å². The molecule has 0 fully saturated rings. The molecular weight excluding hydrogens is 329 g/mol. The molecule has 0 aliphatic rings. The Hall–Kier alpha value is -1.95. The van der Waals surface area contributed by atoms with Gasteiger partial charge in [0.25, 0.3) is 0 Å². The van der Waals surface area contributed by atoms with Crippen molar-refractivity contribution < 1.29 is 19.1 Å². The first-order chi connectivity index (χ1) is 9.43. The molecule has 1 rings (SSSR count). The second-order valence-corrected chi connectivity index (χ2v) is 4.75. The van der Waals surface area contributed by atoms with E-state index >= 15 is 0 Å². The number of amides is 1. The van der Waals surface area contributed by atoms with Crippen LogP contribution < -0.4 is 5.32 Å². The minimum Gasteiger partial charge on any atom is -0.478 e. The maximum absolute atomic E-state index is 13.1. The maximum atomic E-state index is 13.1. The van der Waals surface area contributed by atoms with Crippen molar-refractivity contribution in [1.82, 2.24) is 5.32 Å². The van der Waals surface area contributed by atoms with Gasteiger partial charge in [0.2, 0.25) is 5.91 Å². The second-order valence-electron chi connectivity index (χ2n) is 3.89. The second kappa shape index (κ2) is 7.59. The molecule has 0 radical (unpaired) electrons. The van der Waals surface area contributed by atoms with Crippen molar-refractivity contribution in [2.45, 2.75) is 6.42 Å². The minimum atomic E-state index is -1.08. The van der Waals surface area contributed by atoms with Crippen molar-refractivity contribution in [3.63, 3.8) is 0 Å². The third kappa shape index (κ3) is 4.97.